The van der Waals surface area contributed by atoms with E-state index in [1.807, 2.05) is 24.3 Å². The molecule has 0 saturated carbocycles. The Morgan fingerprint density at radius 2 is 1.80 bits per heavy atom. The molecule has 0 unspecified atom stereocenters. The second kappa shape index (κ2) is 9.99. The van der Waals surface area contributed by atoms with Crippen molar-refractivity contribution in [2.24, 2.45) is 10.7 Å². The number of anilines is 1. The number of halogens is 2. The number of nitrogens with one attached hydrogen (secondary N) is 1. The van der Waals surface area contributed by atoms with Crippen LogP contribution in [0.3, 0.4) is 0 Å². The summed E-state index contributed by atoms with van der Waals surface area (Å²) in [5.41, 5.74) is 10.0. The lowest BCUT2D eigenvalue weighted by atomic mass is 10.0. The van der Waals surface area contributed by atoms with Gasteiger partial charge in [0.05, 0.1) is 18.2 Å². The SMILES string of the molecule is CCc1cccc(CC)c1NC(N)=NCc1cc(C#N)ccc1F.I. The van der Waals surface area contributed by atoms with Crippen LogP contribution < -0.4 is 11.1 Å². The summed E-state index contributed by atoms with van der Waals surface area (Å²) < 4.78 is 13.8. The van der Waals surface area contributed by atoms with E-state index in [0.717, 1.165) is 29.7 Å². The van der Waals surface area contributed by atoms with E-state index in [1.165, 1.54) is 18.2 Å². The summed E-state index contributed by atoms with van der Waals surface area (Å²) in [5, 5.41) is 12.0. The van der Waals surface area contributed by atoms with Gasteiger partial charge in [-0.25, -0.2) is 9.38 Å². The Kier molecular flexibility index (Phi) is 8.35. The van der Waals surface area contributed by atoms with Crippen LogP contribution in [0.15, 0.2) is 41.4 Å². The van der Waals surface area contributed by atoms with E-state index in [1.54, 1.807) is 0 Å². The Bertz CT molecular complexity index is 774. The van der Waals surface area contributed by atoms with Crippen LogP contribution in [0.4, 0.5) is 10.1 Å². The quantitative estimate of drug-likeness (QED) is 0.402. The maximum atomic E-state index is 13.8. The molecule has 0 amide bonds. The molecule has 3 N–H and O–H groups in total. The first kappa shape index (κ1) is 20.9. The standard InChI is InChI=1S/C19H21FN4.HI/c1-3-14-6-5-7-15(4-2)18(14)24-19(22)23-12-16-10-13(11-21)8-9-17(16)20;/h5-10H,3-4,12H2,1-2H3,(H3,22,23,24);1H. The fourth-order valence-corrected chi connectivity index (χ4v) is 2.51. The lowest BCUT2D eigenvalue weighted by molar-refractivity contribution is 0.610. The lowest BCUT2D eigenvalue weighted by Gasteiger charge is -2.14. The molecule has 132 valence electrons. The molecular weight excluding hydrogens is 430 g/mol. The van der Waals surface area contributed by atoms with Crippen LogP contribution in [0, 0.1) is 17.1 Å². The number of nitriles is 1. The monoisotopic (exact) mass is 452 g/mol. The van der Waals surface area contributed by atoms with Gasteiger partial charge in [-0.05, 0) is 42.2 Å². The number of benzene rings is 2. The van der Waals surface area contributed by atoms with E-state index < -0.39 is 5.82 Å². The van der Waals surface area contributed by atoms with E-state index in [9.17, 15) is 4.39 Å². The molecule has 0 heterocycles. The number of hydrogen-bond acceptors (Lipinski definition) is 2. The largest absolute Gasteiger partial charge is 0.370 e. The van der Waals surface area contributed by atoms with Crippen molar-refractivity contribution in [1.29, 1.82) is 5.26 Å². The van der Waals surface area contributed by atoms with Crippen molar-refractivity contribution in [3.8, 4) is 6.07 Å². The summed E-state index contributed by atoms with van der Waals surface area (Å²) in [6.07, 6.45) is 1.75. The molecule has 2 aromatic rings. The maximum absolute atomic E-state index is 13.8. The van der Waals surface area contributed by atoms with E-state index in [4.69, 9.17) is 11.0 Å². The fraction of sp³-hybridized carbons (Fsp3) is 0.263. The molecule has 0 aliphatic heterocycles. The Hall–Kier alpha value is -2.14. The van der Waals surface area contributed by atoms with Gasteiger partial charge in [0.15, 0.2) is 5.96 Å². The molecule has 2 rings (SSSR count). The normalized spacial score (nSPS) is 10.7. The van der Waals surface area contributed by atoms with Crippen molar-refractivity contribution >= 4 is 35.6 Å². The van der Waals surface area contributed by atoms with Crippen LogP contribution in [0.5, 0.6) is 0 Å². The Morgan fingerprint density at radius 1 is 1.16 bits per heavy atom. The zero-order valence-corrected chi connectivity index (χ0v) is 16.7. The van der Waals surface area contributed by atoms with Crippen LogP contribution in [-0.2, 0) is 19.4 Å². The topological polar surface area (TPSA) is 74.2 Å². The van der Waals surface area contributed by atoms with E-state index >= 15 is 0 Å². The highest BCUT2D eigenvalue weighted by Crippen LogP contribution is 2.22. The number of guanidine groups is 1. The third kappa shape index (κ3) is 5.43. The number of para-hydroxylation sites is 1. The molecule has 2 aromatic carbocycles. The van der Waals surface area contributed by atoms with Crippen LogP contribution in [-0.4, -0.2) is 5.96 Å². The van der Waals surface area contributed by atoms with Gasteiger partial charge >= 0.3 is 0 Å². The smallest absolute Gasteiger partial charge is 0.193 e. The summed E-state index contributed by atoms with van der Waals surface area (Å²) in [4.78, 5) is 4.21. The second-order valence-corrected chi connectivity index (χ2v) is 5.40. The van der Waals surface area contributed by atoms with Crippen molar-refractivity contribution < 1.29 is 4.39 Å². The minimum absolute atomic E-state index is 0. The number of nitrogens with zero attached hydrogens (tertiary/aromatic N) is 2. The Balaban J connectivity index is 0.00000312. The molecule has 0 bridgehead atoms. The molecule has 25 heavy (non-hydrogen) atoms. The first-order valence-electron chi connectivity index (χ1n) is 7.95. The molecule has 0 radical (unpaired) electrons. The molecule has 4 nitrogen and oxygen atoms in total. The summed E-state index contributed by atoms with van der Waals surface area (Å²) in [6.45, 7) is 4.24. The molecule has 0 spiro atoms. The van der Waals surface area contributed by atoms with Crippen LogP contribution in [0.25, 0.3) is 0 Å². The maximum Gasteiger partial charge on any atom is 0.193 e. The highest BCUT2D eigenvalue weighted by atomic mass is 127. The molecule has 0 fully saturated rings. The third-order valence-electron chi connectivity index (χ3n) is 3.85. The third-order valence-corrected chi connectivity index (χ3v) is 3.85. The first-order chi connectivity index (χ1) is 11.6. The summed E-state index contributed by atoms with van der Waals surface area (Å²) in [6, 6.07) is 12.3. The highest BCUT2D eigenvalue weighted by Gasteiger charge is 2.08. The highest BCUT2D eigenvalue weighted by molar-refractivity contribution is 14.0. The van der Waals surface area contributed by atoms with Gasteiger partial charge in [-0.1, -0.05) is 32.0 Å². The Labute approximate surface area is 165 Å². The number of rotatable bonds is 5. The number of aryl methyl sites for hydroxylation is 2. The van der Waals surface area contributed by atoms with Gasteiger partial charge in [-0.2, -0.15) is 5.26 Å². The van der Waals surface area contributed by atoms with Crippen molar-refractivity contribution in [2.75, 3.05) is 5.32 Å². The minimum atomic E-state index is -0.395. The van der Waals surface area contributed by atoms with Crippen molar-refractivity contribution in [2.45, 2.75) is 33.2 Å². The van der Waals surface area contributed by atoms with Crippen molar-refractivity contribution in [1.82, 2.24) is 0 Å². The predicted molar refractivity (Wildman–Crippen MR) is 111 cm³/mol. The molecule has 0 aliphatic rings. The predicted octanol–water partition coefficient (Wildman–Crippen LogP) is 4.37. The van der Waals surface area contributed by atoms with Crippen LogP contribution in [0.2, 0.25) is 0 Å². The summed E-state index contributed by atoms with van der Waals surface area (Å²) in [7, 11) is 0. The first-order valence-corrected chi connectivity index (χ1v) is 7.95. The van der Waals surface area contributed by atoms with Gasteiger partial charge in [0.25, 0.3) is 0 Å². The summed E-state index contributed by atoms with van der Waals surface area (Å²) >= 11 is 0. The lowest BCUT2D eigenvalue weighted by Crippen LogP contribution is -2.24. The van der Waals surface area contributed by atoms with E-state index in [2.05, 4.69) is 24.2 Å². The molecule has 6 heteroatoms. The molecule has 0 aliphatic carbocycles. The number of hydrogen-bond donors (Lipinski definition) is 2. The van der Waals surface area contributed by atoms with Crippen molar-refractivity contribution in [3.05, 3.63) is 64.5 Å². The fourth-order valence-electron chi connectivity index (χ4n) is 2.51. The minimum Gasteiger partial charge on any atom is -0.370 e. The van der Waals surface area contributed by atoms with E-state index in [0.29, 0.717) is 11.1 Å². The van der Waals surface area contributed by atoms with E-state index in [-0.39, 0.29) is 36.5 Å². The summed E-state index contributed by atoms with van der Waals surface area (Å²) in [5.74, 6) is -0.166. The van der Waals surface area contributed by atoms with Gasteiger partial charge in [0.1, 0.15) is 5.82 Å². The average Bonchev–Trinajstić information content (AvgIpc) is 2.61. The van der Waals surface area contributed by atoms with Crippen LogP contribution >= 0.6 is 24.0 Å². The Morgan fingerprint density at radius 3 is 2.36 bits per heavy atom. The molecule has 0 saturated heterocycles. The average molecular weight is 452 g/mol. The number of aliphatic imine (C=N–C) groups is 1. The van der Waals surface area contributed by atoms with Gasteiger partial charge in [-0.3, -0.25) is 0 Å². The van der Waals surface area contributed by atoms with Crippen molar-refractivity contribution in [3.63, 3.8) is 0 Å². The molecule has 0 atom stereocenters. The van der Waals surface area contributed by atoms with Gasteiger partial charge in [0, 0.05) is 11.3 Å². The van der Waals surface area contributed by atoms with Gasteiger partial charge in [0.2, 0.25) is 0 Å². The zero-order valence-electron chi connectivity index (χ0n) is 14.3. The zero-order chi connectivity index (χ0) is 17.5. The van der Waals surface area contributed by atoms with Gasteiger partial charge in [-0.15, -0.1) is 24.0 Å². The second-order valence-electron chi connectivity index (χ2n) is 5.40. The molecule has 0 aromatic heterocycles. The molecular formula is C19H22FIN4. The number of nitrogens with two attached hydrogens (primary N) is 1. The van der Waals surface area contributed by atoms with Crippen LogP contribution in [0.1, 0.15) is 36.1 Å². The van der Waals surface area contributed by atoms with Gasteiger partial charge < -0.3 is 11.1 Å².